The van der Waals surface area contributed by atoms with Gasteiger partial charge >= 0.3 is 23.9 Å². The standard InChI is InChI=1S/C34H28O22/c35-15-1-11(2-16(36)24(15)43)29(47)52-9-23-28(55-31(49)13-5-19(39)26(45)20(40)6-13)34(51,10-53-30(48)12-3-17(37)25(44)18(38)4-12)33(54-23)56-32(50)14-7-21(41)27(46)22(42)8-14/h1-8,23,28,33,35-46,51H,9-10H2/t23-,28-,33-,34-/m1/s1. The van der Waals surface area contributed by atoms with E-state index in [9.17, 15) is 85.6 Å². The highest BCUT2D eigenvalue weighted by molar-refractivity contribution is 5.93. The maximum absolute atomic E-state index is 13.4. The number of hydrogen-bond donors (Lipinski definition) is 13. The number of phenolic OH excluding ortho intramolecular Hbond substituents is 12. The fourth-order valence-electron chi connectivity index (χ4n) is 5.13. The van der Waals surface area contributed by atoms with Crippen LogP contribution in [0.25, 0.3) is 0 Å². The molecule has 0 amide bonds. The minimum absolute atomic E-state index is 0.570. The van der Waals surface area contributed by atoms with Crippen LogP contribution in [-0.2, 0) is 23.7 Å². The molecule has 5 rings (SSSR count). The molecule has 13 N–H and O–H groups in total. The van der Waals surface area contributed by atoms with E-state index in [1.165, 1.54) is 0 Å². The molecule has 0 aromatic heterocycles. The molecule has 0 bridgehead atoms. The summed E-state index contributed by atoms with van der Waals surface area (Å²) in [5, 5.41) is 130. The number of ether oxygens (including phenoxy) is 5. The van der Waals surface area contributed by atoms with Crippen LogP contribution < -0.4 is 0 Å². The van der Waals surface area contributed by atoms with E-state index in [-0.39, 0.29) is 0 Å². The van der Waals surface area contributed by atoms with Crippen LogP contribution in [0, 0.1) is 0 Å². The summed E-state index contributed by atoms with van der Waals surface area (Å²) in [6.07, 6.45) is -6.71. The first-order valence-corrected chi connectivity index (χ1v) is 15.4. The molecule has 1 heterocycles. The van der Waals surface area contributed by atoms with E-state index in [0.29, 0.717) is 48.5 Å². The Hall–Kier alpha value is -7.72. The van der Waals surface area contributed by atoms with Gasteiger partial charge in [0.1, 0.15) is 19.3 Å². The predicted molar refractivity (Wildman–Crippen MR) is 175 cm³/mol. The first kappa shape index (κ1) is 39.5. The van der Waals surface area contributed by atoms with Gasteiger partial charge in [0, 0.05) is 0 Å². The zero-order valence-corrected chi connectivity index (χ0v) is 27.8. The number of hydrogen-bond acceptors (Lipinski definition) is 22. The molecule has 1 fully saturated rings. The van der Waals surface area contributed by atoms with Crippen molar-refractivity contribution in [2.24, 2.45) is 0 Å². The van der Waals surface area contributed by atoms with Crippen molar-refractivity contribution in [1.29, 1.82) is 0 Å². The third kappa shape index (κ3) is 7.66. The summed E-state index contributed by atoms with van der Waals surface area (Å²) in [6.45, 7) is -2.50. The van der Waals surface area contributed by atoms with Crippen molar-refractivity contribution in [3.05, 3.63) is 70.8 Å². The van der Waals surface area contributed by atoms with Crippen molar-refractivity contribution in [3.8, 4) is 69.0 Å². The van der Waals surface area contributed by atoms with Crippen LogP contribution in [0.4, 0.5) is 0 Å². The Bertz CT molecular complexity index is 2160. The van der Waals surface area contributed by atoms with E-state index in [2.05, 4.69) is 0 Å². The molecule has 1 saturated heterocycles. The molecule has 4 aromatic carbocycles. The summed E-state index contributed by atoms with van der Waals surface area (Å²) < 4.78 is 26.5. The van der Waals surface area contributed by atoms with Gasteiger partial charge in [-0.25, -0.2) is 19.2 Å². The number of phenols is 12. The average molecular weight is 789 g/mol. The van der Waals surface area contributed by atoms with Crippen LogP contribution in [0.2, 0.25) is 0 Å². The van der Waals surface area contributed by atoms with Crippen molar-refractivity contribution < 1.29 is 109 Å². The second kappa shape index (κ2) is 15.0. The van der Waals surface area contributed by atoms with Gasteiger partial charge in [-0.1, -0.05) is 0 Å². The van der Waals surface area contributed by atoms with Gasteiger partial charge < -0.3 is 90.1 Å². The lowest BCUT2D eigenvalue weighted by Crippen LogP contribution is -2.55. The highest BCUT2D eigenvalue weighted by Crippen LogP contribution is 2.41. The second-order valence-electron chi connectivity index (χ2n) is 11.9. The summed E-state index contributed by atoms with van der Waals surface area (Å²) in [5.74, 6) is -17.9. The summed E-state index contributed by atoms with van der Waals surface area (Å²) in [5.41, 5.74) is -5.71. The van der Waals surface area contributed by atoms with Crippen molar-refractivity contribution in [2.45, 2.75) is 24.1 Å². The molecule has 22 nitrogen and oxygen atoms in total. The molecular weight excluding hydrogens is 760 g/mol. The Labute approximate surface area is 310 Å². The molecular formula is C34H28O22. The lowest BCUT2D eigenvalue weighted by atomic mass is 9.95. The maximum atomic E-state index is 13.4. The number of aliphatic hydroxyl groups is 1. The average Bonchev–Trinajstić information content (AvgIpc) is 3.39. The largest absolute Gasteiger partial charge is 0.504 e. The Kier molecular flexibility index (Phi) is 10.5. The zero-order valence-electron chi connectivity index (χ0n) is 27.8. The molecule has 296 valence electrons. The smallest absolute Gasteiger partial charge is 0.340 e. The monoisotopic (exact) mass is 788 g/mol. The van der Waals surface area contributed by atoms with E-state index >= 15 is 0 Å². The van der Waals surface area contributed by atoms with Crippen molar-refractivity contribution in [3.63, 3.8) is 0 Å². The van der Waals surface area contributed by atoms with Crippen LogP contribution in [0.5, 0.6) is 69.0 Å². The molecule has 4 atom stereocenters. The number of carbonyl (C=O) groups excluding carboxylic acids is 4. The van der Waals surface area contributed by atoms with E-state index in [4.69, 9.17) is 23.7 Å². The molecule has 0 saturated carbocycles. The zero-order chi connectivity index (χ0) is 41.4. The number of benzene rings is 4. The summed E-state index contributed by atoms with van der Waals surface area (Å²) in [6, 6.07) is 5.06. The van der Waals surface area contributed by atoms with Gasteiger partial charge in [0.05, 0.1) is 22.3 Å². The minimum Gasteiger partial charge on any atom is -0.504 e. The molecule has 22 heteroatoms. The molecule has 1 aliphatic rings. The van der Waals surface area contributed by atoms with Crippen LogP contribution in [0.3, 0.4) is 0 Å². The van der Waals surface area contributed by atoms with Gasteiger partial charge in [0.25, 0.3) is 0 Å². The van der Waals surface area contributed by atoms with Crippen LogP contribution in [0.1, 0.15) is 41.4 Å². The van der Waals surface area contributed by atoms with Crippen LogP contribution >= 0.6 is 0 Å². The van der Waals surface area contributed by atoms with E-state index in [1.54, 1.807) is 0 Å². The molecule has 0 radical (unpaired) electrons. The SMILES string of the molecule is O=C(OC[C@H]1O[C@H](OC(=O)c2cc(O)c(O)c(O)c2)[C@@](O)(COC(=O)c2cc(O)c(O)c(O)c2)[C@@H]1OC(=O)c1cc(O)c(O)c(O)c1)c1cc(O)c(O)c(O)c1. The third-order valence-electron chi connectivity index (χ3n) is 8.02. The summed E-state index contributed by atoms with van der Waals surface area (Å²) in [7, 11) is 0. The Morgan fingerprint density at radius 3 is 1.14 bits per heavy atom. The molecule has 0 spiro atoms. The Morgan fingerprint density at radius 2 is 0.786 bits per heavy atom. The molecule has 0 aliphatic carbocycles. The predicted octanol–water partition coefficient (Wildman–Crippen LogP) is 0.706. The fourth-order valence-corrected chi connectivity index (χ4v) is 5.13. The van der Waals surface area contributed by atoms with E-state index < -0.39 is 152 Å². The summed E-state index contributed by atoms with van der Waals surface area (Å²) in [4.78, 5) is 52.6. The van der Waals surface area contributed by atoms with Crippen LogP contribution in [-0.4, -0.2) is 128 Å². The van der Waals surface area contributed by atoms with Gasteiger partial charge in [0.15, 0.2) is 75.1 Å². The van der Waals surface area contributed by atoms with E-state index in [0.717, 1.165) is 0 Å². The van der Waals surface area contributed by atoms with Gasteiger partial charge in [-0.15, -0.1) is 0 Å². The molecule has 0 unspecified atom stereocenters. The maximum Gasteiger partial charge on any atom is 0.340 e. The number of esters is 4. The van der Waals surface area contributed by atoms with Gasteiger partial charge in [-0.2, -0.15) is 0 Å². The highest BCUT2D eigenvalue weighted by Gasteiger charge is 2.62. The van der Waals surface area contributed by atoms with Gasteiger partial charge in [0.2, 0.25) is 11.9 Å². The third-order valence-corrected chi connectivity index (χ3v) is 8.02. The van der Waals surface area contributed by atoms with Gasteiger partial charge in [-0.3, -0.25) is 0 Å². The quantitative estimate of drug-likeness (QED) is 0.0597. The van der Waals surface area contributed by atoms with Crippen molar-refractivity contribution >= 4 is 23.9 Å². The summed E-state index contributed by atoms with van der Waals surface area (Å²) >= 11 is 0. The Morgan fingerprint density at radius 1 is 0.482 bits per heavy atom. The molecule has 56 heavy (non-hydrogen) atoms. The number of carbonyl (C=O) groups is 4. The lowest BCUT2D eigenvalue weighted by molar-refractivity contribution is -0.193. The first-order valence-electron chi connectivity index (χ1n) is 15.4. The molecule has 4 aromatic rings. The first-order chi connectivity index (χ1) is 26.2. The minimum atomic E-state index is -3.10. The lowest BCUT2D eigenvalue weighted by Gasteiger charge is -2.32. The second-order valence-corrected chi connectivity index (χ2v) is 11.9. The topological polar surface area (TPSA) is 377 Å². The van der Waals surface area contributed by atoms with Crippen molar-refractivity contribution in [1.82, 2.24) is 0 Å². The normalized spacial score (nSPS) is 18.8. The number of rotatable bonds is 10. The fraction of sp³-hybridized carbons (Fsp3) is 0.176. The van der Waals surface area contributed by atoms with E-state index in [1.807, 2.05) is 0 Å². The van der Waals surface area contributed by atoms with Gasteiger partial charge in [-0.05, 0) is 48.5 Å². The molecule has 1 aliphatic heterocycles. The Balaban J connectivity index is 1.54. The van der Waals surface area contributed by atoms with Crippen molar-refractivity contribution in [2.75, 3.05) is 13.2 Å². The number of aromatic hydroxyl groups is 12. The highest BCUT2D eigenvalue weighted by atomic mass is 16.7. The van der Waals surface area contributed by atoms with Crippen LogP contribution in [0.15, 0.2) is 48.5 Å².